The molecule has 5 heteroatoms. The Morgan fingerprint density at radius 2 is 2.22 bits per heavy atom. The van der Waals surface area contributed by atoms with Crippen LogP contribution < -0.4 is 10.1 Å². The van der Waals surface area contributed by atoms with E-state index in [1.165, 1.54) is 0 Å². The highest BCUT2D eigenvalue weighted by atomic mass is 35.5. The normalized spacial score (nSPS) is 17.2. The van der Waals surface area contributed by atoms with E-state index < -0.39 is 0 Å². The highest BCUT2D eigenvalue weighted by Crippen LogP contribution is 2.32. The molecule has 0 saturated carbocycles. The van der Waals surface area contributed by atoms with E-state index in [9.17, 15) is 0 Å². The first-order valence-corrected chi connectivity index (χ1v) is 6.60. The monoisotopic (exact) mass is 265 g/mol. The SMILES string of the molecule is COc1cccn2c(C3CCNCC3)nc(Cl)c12. The van der Waals surface area contributed by atoms with Crippen LogP contribution in [0.25, 0.3) is 5.52 Å². The number of methoxy groups -OCH3 is 1. The molecule has 0 radical (unpaired) electrons. The number of piperidine rings is 1. The Morgan fingerprint density at radius 1 is 1.44 bits per heavy atom. The molecule has 18 heavy (non-hydrogen) atoms. The minimum Gasteiger partial charge on any atom is -0.494 e. The molecule has 0 unspecified atom stereocenters. The van der Waals surface area contributed by atoms with Gasteiger partial charge in [-0.15, -0.1) is 0 Å². The number of hydrogen-bond donors (Lipinski definition) is 1. The highest BCUT2D eigenvalue weighted by Gasteiger charge is 2.22. The predicted octanol–water partition coefficient (Wildman–Crippen LogP) is 2.46. The minimum absolute atomic E-state index is 0.471. The van der Waals surface area contributed by atoms with E-state index in [1.54, 1.807) is 7.11 Å². The van der Waals surface area contributed by atoms with Gasteiger partial charge < -0.3 is 10.1 Å². The van der Waals surface area contributed by atoms with Gasteiger partial charge >= 0.3 is 0 Å². The van der Waals surface area contributed by atoms with Gasteiger partial charge in [-0.1, -0.05) is 11.6 Å². The first kappa shape index (κ1) is 11.8. The lowest BCUT2D eigenvalue weighted by Gasteiger charge is -2.21. The first-order valence-electron chi connectivity index (χ1n) is 6.22. The molecule has 96 valence electrons. The van der Waals surface area contributed by atoms with Crippen LogP contribution in [-0.2, 0) is 0 Å². The summed E-state index contributed by atoms with van der Waals surface area (Å²) in [5, 5.41) is 3.90. The van der Waals surface area contributed by atoms with Crippen molar-refractivity contribution in [2.75, 3.05) is 20.2 Å². The average molecular weight is 266 g/mol. The van der Waals surface area contributed by atoms with Gasteiger partial charge in [-0.05, 0) is 38.1 Å². The Labute approximate surface area is 111 Å². The van der Waals surface area contributed by atoms with Crippen molar-refractivity contribution < 1.29 is 4.74 Å². The number of rotatable bonds is 2. The number of ether oxygens (including phenoxy) is 1. The van der Waals surface area contributed by atoms with Crippen molar-refractivity contribution in [2.45, 2.75) is 18.8 Å². The summed E-state index contributed by atoms with van der Waals surface area (Å²) in [5.74, 6) is 2.30. The fraction of sp³-hybridized carbons (Fsp3) is 0.462. The second kappa shape index (κ2) is 4.78. The van der Waals surface area contributed by atoms with Gasteiger partial charge in [0.05, 0.1) is 7.11 Å². The van der Waals surface area contributed by atoms with Crippen molar-refractivity contribution in [1.29, 1.82) is 0 Å². The summed E-state index contributed by atoms with van der Waals surface area (Å²) in [6, 6.07) is 3.88. The number of halogens is 1. The van der Waals surface area contributed by atoms with Crippen LogP contribution in [0.15, 0.2) is 18.3 Å². The van der Waals surface area contributed by atoms with Gasteiger partial charge in [-0.25, -0.2) is 4.98 Å². The van der Waals surface area contributed by atoms with E-state index in [-0.39, 0.29) is 0 Å². The standard InChI is InChI=1S/C13H16ClN3O/c1-18-10-3-2-8-17-11(10)12(14)16-13(17)9-4-6-15-7-5-9/h2-3,8-9,15H,4-7H2,1H3. The summed E-state index contributed by atoms with van der Waals surface area (Å²) in [6.07, 6.45) is 4.22. The summed E-state index contributed by atoms with van der Waals surface area (Å²) in [5.41, 5.74) is 0.871. The lowest BCUT2D eigenvalue weighted by atomic mass is 9.97. The van der Waals surface area contributed by atoms with Crippen LogP contribution in [0.5, 0.6) is 5.75 Å². The molecular formula is C13H16ClN3O. The molecule has 1 aliphatic heterocycles. The molecule has 0 aliphatic carbocycles. The molecule has 4 nitrogen and oxygen atoms in total. The molecule has 0 aromatic carbocycles. The highest BCUT2D eigenvalue weighted by molar-refractivity contribution is 6.33. The second-order valence-corrected chi connectivity index (χ2v) is 4.94. The number of pyridine rings is 1. The second-order valence-electron chi connectivity index (χ2n) is 4.58. The van der Waals surface area contributed by atoms with Crippen molar-refractivity contribution in [3.8, 4) is 5.75 Å². The Kier molecular flexibility index (Phi) is 3.14. The zero-order valence-electron chi connectivity index (χ0n) is 10.3. The lowest BCUT2D eigenvalue weighted by Crippen LogP contribution is -2.27. The number of nitrogens with zero attached hydrogens (tertiary/aromatic N) is 2. The number of fused-ring (bicyclic) bond motifs is 1. The largest absolute Gasteiger partial charge is 0.494 e. The third-order valence-electron chi connectivity index (χ3n) is 3.54. The lowest BCUT2D eigenvalue weighted by molar-refractivity contribution is 0.416. The molecule has 3 rings (SSSR count). The van der Waals surface area contributed by atoms with E-state index >= 15 is 0 Å². The van der Waals surface area contributed by atoms with Gasteiger partial charge in [-0.2, -0.15) is 0 Å². The quantitative estimate of drug-likeness (QED) is 0.907. The predicted molar refractivity (Wildman–Crippen MR) is 71.6 cm³/mol. The summed E-state index contributed by atoms with van der Waals surface area (Å²) in [6.45, 7) is 2.09. The molecule has 0 bridgehead atoms. The third kappa shape index (κ3) is 1.85. The van der Waals surface area contributed by atoms with E-state index in [2.05, 4.69) is 14.7 Å². The zero-order chi connectivity index (χ0) is 12.5. The Hall–Kier alpha value is -1.26. The summed E-state index contributed by atoms with van der Waals surface area (Å²) >= 11 is 6.25. The fourth-order valence-electron chi connectivity index (χ4n) is 2.62. The number of imidazole rings is 1. The molecule has 3 heterocycles. The smallest absolute Gasteiger partial charge is 0.158 e. The van der Waals surface area contributed by atoms with E-state index in [1.807, 2.05) is 18.3 Å². The van der Waals surface area contributed by atoms with Gasteiger partial charge in [0.25, 0.3) is 0 Å². The number of aromatic nitrogens is 2. The van der Waals surface area contributed by atoms with Gasteiger partial charge in [0.15, 0.2) is 5.15 Å². The molecule has 1 aliphatic rings. The molecular weight excluding hydrogens is 250 g/mol. The molecule has 0 spiro atoms. The maximum absolute atomic E-state index is 6.25. The van der Waals surface area contributed by atoms with E-state index in [4.69, 9.17) is 16.3 Å². The summed E-state index contributed by atoms with van der Waals surface area (Å²) in [4.78, 5) is 4.54. The molecule has 2 aromatic rings. The van der Waals surface area contributed by atoms with Crippen molar-refractivity contribution in [1.82, 2.24) is 14.7 Å². The first-order chi connectivity index (χ1) is 8.81. The minimum atomic E-state index is 0.471. The van der Waals surface area contributed by atoms with Crippen LogP contribution in [0.1, 0.15) is 24.6 Å². The molecule has 2 aromatic heterocycles. The van der Waals surface area contributed by atoms with Crippen LogP contribution in [0.2, 0.25) is 5.15 Å². The molecule has 0 atom stereocenters. The van der Waals surface area contributed by atoms with Gasteiger partial charge in [0, 0.05) is 12.1 Å². The molecule has 1 N–H and O–H groups in total. The molecule has 1 fully saturated rings. The Bertz CT molecular complexity index is 561. The third-order valence-corrected chi connectivity index (χ3v) is 3.80. The van der Waals surface area contributed by atoms with Crippen molar-refractivity contribution in [3.63, 3.8) is 0 Å². The Morgan fingerprint density at radius 3 is 2.94 bits per heavy atom. The zero-order valence-corrected chi connectivity index (χ0v) is 11.1. The van der Waals surface area contributed by atoms with Crippen LogP contribution in [-0.4, -0.2) is 29.6 Å². The number of hydrogen-bond acceptors (Lipinski definition) is 3. The molecule has 0 amide bonds. The van der Waals surface area contributed by atoms with Crippen molar-refractivity contribution in [3.05, 3.63) is 29.3 Å². The van der Waals surface area contributed by atoms with Gasteiger partial charge in [-0.3, -0.25) is 4.40 Å². The maximum atomic E-state index is 6.25. The van der Waals surface area contributed by atoms with Crippen LogP contribution in [0, 0.1) is 0 Å². The van der Waals surface area contributed by atoms with Crippen LogP contribution >= 0.6 is 11.6 Å². The molecule has 1 saturated heterocycles. The maximum Gasteiger partial charge on any atom is 0.158 e. The van der Waals surface area contributed by atoms with Crippen LogP contribution in [0.4, 0.5) is 0 Å². The fourth-order valence-corrected chi connectivity index (χ4v) is 2.89. The van der Waals surface area contributed by atoms with E-state index in [0.29, 0.717) is 11.1 Å². The van der Waals surface area contributed by atoms with Gasteiger partial charge in [0.1, 0.15) is 17.1 Å². The van der Waals surface area contributed by atoms with E-state index in [0.717, 1.165) is 43.0 Å². The van der Waals surface area contributed by atoms with Crippen LogP contribution in [0.3, 0.4) is 0 Å². The average Bonchev–Trinajstić information content (AvgIpc) is 2.77. The van der Waals surface area contributed by atoms with Crippen molar-refractivity contribution in [2.24, 2.45) is 0 Å². The Balaban J connectivity index is 2.12. The summed E-state index contributed by atoms with van der Waals surface area (Å²) < 4.78 is 7.42. The van der Waals surface area contributed by atoms with Gasteiger partial charge in [0.2, 0.25) is 0 Å². The summed E-state index contributed by atoms with van der Waals surface area (Å²) in [7, 11) is 1.66. The van der Waals surface area contributed by atoms with Crippen molar-refractivity contribution >= 4 is 17.1 Å². The topological polar surface area (TPSA) is 38.6 Å². The number of nitrogens with one attached hydrogen (secondary N) is 1.